The molecule has 3 heterocycles. The zero-order valence-corrected chi connectivity index (χ0v) is 26.6. The van der Waals surface area contributed by atoms with E-state index >= 15 is 0 Å². The molecule has 1 aromatic heterocycles. The Morgan fingerprint density at radius 1 is 0.739 bits per heavy atom. The molecule has 2 aliphatic rings. The van der Waals surface area contributed by atoms with E-state index in [0.717, 1.165) is 0 Å². The van der Waals surface area contributed by atoms with Crippen LogP contribution in [0.2, 0.25) is 0 Å². The number of ketones is 1. The van der Waals surface area contributed by atoms with E-state index in [1.807, 2.05) is 9.80 Å². The third-order valence-electron chi connectivity index (χ3n) is 7.46. The molecular weight excluding hydrogens is 636 g/mol. The summed E-state index contributed by atoms with van der Waals surface area (Å²) in [7, 11) is -3.86. The number of benzene rings is 2. The van der Waals surface area contributed by atoms with Crippen LogP contribution in [-0.2, 0) is 14.8 Å². The predicted octanol–water partition coefficient (Wildman–Crippen LogP) is -0.375. The number of nitrogens with zero attached hydrogens (tertiary/aromatic N) is 5. The number of piperidine rings is 2. The van der Waals surface area contributed by atoms with Gasteiger partial charge in [-0.25, -0.2) is 13.6 Å². The number of sulfonamides is 1. The summed E-state index contributed by atoms with van der Waals surface area (Å²) in [5.41, 5.74) is 26.2. The van der Waals surface area contributed by atoms with Gasteiger partial charge in [0.2, 0.25) is 33.8 Å². The second-order valence-corrected chi connectivity index (χ2v) is 13.1. The number of primary sulfonamides is 1. The molecule has 12 N–H and O–H groups in total. The Balaban J connectivity index is 0.00000480. The van der Waals surface area contributed by atoms with E-state index in [9.17, 15) is 18.0 Å². The van der Waals surface area contributed by atoms with Crippen molar-refractivity contribution in [2.24, 2.45) is 28.1 Å². The van der Waals surface area contributed by atoms with Crippen molar-refractivity contribution in [2.45, 2.75) is 48.3 Å². The highest BCUT2D eigenvalue weighted by Crippen LogP contribution is 2.24. The van der Waals surface area contributed by atoms with E-state index < -0.39 is 28.1 Å². The summed E-state index contributed by atoms with van der Waals surface area (Å²) < 4.78 is 22.8. The first-order valence-corrected chi connectivity index (χ1v) is 16.0. The maximum absolute atomic E-state index is 12.8. The highest BCUT2D eigenvalue weighted by molar-refractivity contribution is 7.89. The molecule has 1 amide bonds. The summed E-state index contributed by atoms with van der Waals surface area (Å²) in [6, 6.07) is 11.4. The number of hydrogen-bond donors (Lipinski definition) is 7. The lowest BCUT2D eigenvalue weighted by atomic mass is 10.0. The van der Waals surface area contributed by atoms with Gasteiger partial charge in [-0.3, -0.25) is 9.59 Å². The lowest BCUT2D eigenvalue weighted by Gasteiger charge is -2.37. The van der Waals surface area contributed by atoms with E-state index in [2.05, 4.69) is 20.6 Å². The maximum atomic E-state index is 12.8. The number of hydrogen-bond acceptors (Lipinski definition) is 14. The molecule has 3 aromatic rings. The van der Waals surface area contributed by atoms with Crippen molar-refractivity contribution in [3.8, 4) is 0 Å². The average Bonchev–Trinajstić information content (AvgIpc) is 2.96. The van der Waals surface area contributed by atoms with Crippen LogP contribution in [0.4, 0.5) is 29.2 Å². The van der Waals surface area contributed by atoms with Gasteiger partial charge in [0.25, 0.3) is 0 Å². The molecule has 2 aliphatic heterocycles. The van der Waals surface area contributed by atoms with Gasteiger partial charge >= 0.3 is 0 Å². The minimum Gasteiger partial charge on any atom is -0.338 e. The summed E-state index contributed by atoms with van der Waals surface area (Å²) in [4.78, 5) is 43.0. The molecule has 0 radical (unpaired) electrons. The monoisotopic (exact) mass is 674 g/mol. The van der Waals surface area contributed by atoms with Gasteiger partial charge in [-0.15, -0.1) is 12.4 Å². The zero-order valence-electron chi connectivity index (χ0n) is 25.0. The Hall–Kier alpha value is -3.97. The van der Waals surface area contributed by atoms with Crippen molar-refractivity contribution in [3.05, 3.63) is 54.1 Å². The fourth-order valence-corrected chi connectivity index (χ4v) is 5.94. The number of amides is 1. The van der Waals surface area contributed by atoms with Crippen LogP contribution in [0, 0.1) is 0 Å². The molecule has 2 fully saturated rings. The standard InChI is InChI=1S/C28H38N12O4S.ClH/c29-17-9-18(30)13-39(12-17)27-36-26(37-28(38-27)40-14-19(31)10-20(32)15-40)35-22-3-1-16(2-4-22)24(41)11-25(42)34-21-5-7-23(8-6-21)45(33,43)44;/h1-8,17-20H,9-15,29-32H2,(H,34,42)(H2,33,43,44)(H,35,36,37,38);1H/t17-,18+,19-,20+;. The number of carbonyl (C=O) groups excluding carboxylic acids is 2. The van der Waals surface area contributed by atoms with Crippen LogP contribution in [-0.4, -0.2) is 85.4 Å². The van der Waals surface area contributed by atoms with Crippen LogP contribution in [0.1, 0.15) is 29.6 Å². The smallest absolute Gasteiger partial charge is 0.238 e. The largest absolute Gasteiger partial charge is 0.338 e. The lowest BCUT2D eigenvalue weighted by Crippen LogP contribution is -2.54. The van der Waals surface area contributed by atoms with E-state index in [-0.39, 0.29) is 47.4 Å². The number of Topliss-reactive ketones (excluding diaryl/α,β-unsaturated/α-hetero) is 1. The number of nitrogens with one attached hydrogen (secondary N) is 2. The quantitative estimate of drug-likeness (QED) is 0.113. The van der Waals surface area contributed by atoms with Crippen LogP contribution in [0.3, 0.4) is 0 Å². The first-order valence-electron chi connectivity index (χ1n) is 14.4. The Morgan fingerprint density at radius 2 is 1.20 bits per heavy atom. The van der Waals surface area contributed by atoms with Gasteiger partial charge in [0.15, 0.2) is 5.78 Å². The fraction of sp³-hybridized carbons (Fsp3) is 0.393. The minimum absolute atomic E-state index is 0. The highest BCUT2D eigenvalue weighted by Gasteiger charge is 2.29. The number of nitrogens with two attached hydrogens (primary N) is 5. The molecular formula is C28H39ClN12O4S. The summed E-state index contributed by atoms with van der Waals surface area (Å²) >= 11 is 0. The van der Waals surface area contributed by atoms with Gasteiger partial charge in [-0.2, -0.15) is 15.0 Å². The molecule has 2 saturated heterocycles. The van der Waals surface area contributed by atoms with Crippen molar-refractivity contribution in [1.29, 1.82) is 0 Å². The van der Waals surface area contributed by atoms with Gasteiger partial charge in [-0.05, 0) is 61.4 Å². The second kappa shape index (κ2) is 14.6. The first kappa shape index (κ1) is 34.9. The molecule has 0 unspecified atom stereocenters. The Bertz CT molecular complexity index is 1580. The third-order valence-corrected chi connectivity index (χ3v) is 8.39. The zero-order chi connectivity index (χ0) is 32.3. The van der Waals surface area contributed by atoms with E-state index in [1.54, 1.807) is 24.3 Å². The lowest BCUT2D eigenvalue weighted by molar-refractivity contribution is -0.115. The minimum atomic E-state index is -3.86. The Labute approximate surface area is 272 Å². The first-order chi connectivity index (χ1) is 21.3. The summed E-state index contributed by atoms with van der Waals surface area (Å²) in [6.07, 6.45) is 0.997. The molecule has 46 heavy (non-hydrogen) atoms. The SMILES string of the molecule is Cl.N[C@@H]1C[C@H](N)CN(c2nc(Nc3ccc(C(=O)CC(=O)Nc4ccc(S(N)(=O)=O)cc4)cc3)nc(N3C[C@H](N)C[C@H](N)C3)n2)C1. The topological polar surface area (TPSA) is 268 Å². The van der Waals surface area contributed by atoms with Crippen LogP contribution in [0.25, 0.3) is 0 Å². The molecule has 0 saturated carbocycles. The molecule has 0 aliphatic carbocycles. The van der Waals surface area contributed by atoms with Gasteiger partial charge in [0.05, 0.1) is 11.3 Å². The fourth-order valence-electron chi connectivity index (χ4n) is 5.43. The van der Waals surface area contributed by atoms with Crippen LogP contribution in [0.5, 0.6) is 0 Å². The van der Waals surface area contributed by atoms with Crippen molar-refractivity contribution in [2.75, 3.05) is 46.6 Å². The van der Waals surface area contributed by atoms with Crippen molar-refractivity contribution >= 4 is 63.3 Å². The number of carbonyl (C=O) groups is 2. The van der Waals surface area contributed by atoms with Crippen LogP contribution >= 0.6 is 12.4 Å². The number of halogens is 1. The molecule has 4 atom stereocenters. The number of anilines is 5. The maximum Gasteiger partial charge on any atom is 0.238 e. The van der Waals surface area contributed by atoms with Gasteiger partial charge in [-0.1, -0.05) is 0 Å². The predicted molar refractivity (Wildman–Crippen MR) is 178 cm³/mol. The van der Waals surface area contributed by atoms with Crippen molar-refractivity contribution in [3.63, 3.8) is 0 Å². The molecule has 248 valence electrons. The van der Waals surface area contributed by atoms with E-state index in [1.165, 1.54) is 24.3 Å². The van der Waals surface area contributed by atoms with Gasteiger partial charge < -0.3 is 43.4 Å². The number of rotatable bonds is 9. The molecule has 0 bridgehead atoms. The van der Waals surface area contributed by atoms with Gasteiger partial charge in [0, 0.05) is 67.3 Å². The Kier molecular flexibility index (Phi) is 11.1. The average molecular weight is 675 g/mol. The van der Waals surface area contributed by atoms with Crippen LogP contribution < -0.4 is 48.5 Å². The molecule has 5 rings (SSSR count). The Morgan fingerprint density at radius 3 is 1.65 bits per heavy atom. The van der Waals surface area contributed by atoms with Crippen LogP contribution in [0.15, 0.2) is 53.4 Å². The number of aromatic nitrogens is 3. The normalized spacial score (nSPS) is 21.7. The molecule has 2 aromatic carbocycles. The van der Waals surface area contributed by atoms with E-state index in [0.29, 0.717) is 67.9 Å². The third kappa shape index (κ3) is 9.06. The summed E-state index contributed by atoms with van der Waals surface area (Å²) in [5, 5.41) is 10.8. The highest BCUT2D eigenvalue weighted by atomic mass is 35.5. The molecule has 16 nitrogen and oxygen atoms in total. The molecule has 18 heteroatoms. The van der Waals surface area contributed by atoms with Crippen molar-refractivity contribution in [1.82, 2.24) is 15.0 Å². The van der Waals surface area contributed by atoms with E-state index in [4.69, 9.17) is 33.1 Å². The summed E-state index contributed by atoms with van der Waals surface area (Å²) in [6.45, 7) is 2.17. The summed E-state index contributed by atoms with van der Waals surface area (Å²) in [5.74, 6) is 0.184. The van der Waals surface area contributed by atoms with Crippen molar-refractivity contribution < 1.29 is 18.0 Å². The molecule has 0 spiro atoms. The second-order valence-electron chi connectivity index (χ2n) is 11.5. The van der Waals surface area contributed by atoms with Gasteiger partial charge in [0.1, 0.15) is 0 Å².